The van der Waals surface area contributed by atoms with Crippen LogP contribution in [0.2, 0.25) is 0 Å². The Morgan fingerprint density at radius 2 is 2.15 bits per heavy atom. The van der Waals surface area contributed by atoms with Crippen LogP contribution in [0.5, 0.6) is 0 Å². The first kappa shape index (κ1) is 16.0. The quantitative estimate of drug-likeness (QED) is 0.447. The van der Waals surface area contributed by atoms with Crippen LogP contribution in [-0.4, -0.2) is 41.5 Å². The minimum atomic E-state index is -0.385. The van der Waals surface area contributed by atoms with E-state index in [1.807, 2.05) is 11.9 Å². The summed E-state index contributed by atoms with van der Waals surface area (Å²) in [6, 6.07) is 0. The lowest BCUT2D eigenvalue weighted by Crippen LogP contribution is -2.23. The number of aromatic nitrogens is 1. The highest BCUT2D eigenvalue weighted by atomic mass is 16.6. The highest BCUT2D eigenvalue weighted by Gasteiger charge is 2.19. The van der Waals surface area contributed by atoms with Crippen LogP contribution in [0.25, 0.3) is 0 Å². The maximum atomic E-state index is 11.1. The molecule has 0 aliphatic carbocycles. The van der Waals surface area contributed by atoms with Crippen molar-refractivity contribution in [2.45, 2.75) is 26.8 Å². The van der Waals surface area contributed by atoms with Crippen LogP contribution in [0, 0.1) is 24.0 Å². The maximum Gasteiger partial charge on any atom is 0.306 e. The van der Waals surface area contributed by atoms with Crippen LogP contribution in [-0.2, 0) is 16.1 Å². The van der Waals surface area contributed by atoms with E-state index in [-0.39, 0.29) is 23.0 Å². The summed E-state index contributed by atoms with van der Waals surface area (Å²) < 4.78 is 4.57. The zero-order chi connectivity index (χ0) is 15.3. The molecule has 0 saturated carbocycles. The lowest BCUT2D eigenvalue weighted by Gasteiger charge is -2.16. The van der Waals surface area contributed by atoms with Gasteiger partial charge in [0.25, 0.3) is 5.69 Å². The molecule has 1 aromatic heterocycles. The first-order valence-electron chi connectivity index (χ1n) is 6.21. The van der Waals surface area contributed by atoms with Crippen molar-refractivity contribution < 1.29 is 14.5 Å². The van der Waals surface area contributed by atoms with Gasteiger partial charge < -0.3 is 4.74 Å². The van der Waals surface area contributed by atoms with E-state index in [2.05, 4.69) is 9.72 Å². The van der Waals surface area contributed by atoms with Crippen LogP contribution >= 0.6 is 0 Å². The third-order valence-electron chi connectivity index (χ3n) is 3.10. The summed E-state index contributed by atoms with van der Waals surface area (Å²) in [5.41, 5.74) is 1.87. The lowest BCUT2D eigenvalue weighted by molar-refractivity contribution is -0.386. The summed E-state index contributed by atoms with van der Waals surface area (Å²) in [4.78, 5) is 27.8. The van der Waals surface area contributed by atoms with Gasteiger partial charge in [-0.3, -0.25) is 24.8 Å². The minimum absolute atomic E-state index is 0.108. The molecule has 1 aromatic rings. The van der Waals surface area contributed by atoms with Crippen LogP contribution in [0.4, 0.5) is 5.69 Å². The fraction of sp³-hybridized carbons (Fsp3) is 0.538. The number of ether oxygens (including phenoxy) is 1. The predicted molar refractivity (Wildman–Crippen MR) is 73.3 cm³/mol. The molecule has 1 heterocycles. The van der Waals surface area contributed by atoms with E-state index in [4.69, 9.17) is 0 Å². The molecule has 0 amide bonds. The largest absolute Gasteiger partial charge is 0.469 e. The van der Waals surface area contributed by atoms with Crippen molar-refractivity contribution in [2.75, 3.05) is 20.7 Å². The molecule has 0 aliphatic rings. The van der Waals surface area contributed by atoms with Crippen molar-refractivity contribution in [3.05, 3.63) is 33.1 Å². The monoisotopic (exact) mass is 281 g/mol. The molecule has 0 aromatic carbocycles. The first-order chi connectivity index (χ1) is 9.36. The lowest BCUT2D eigenvalue weighted by atomic mass is 10.1. The van der Waals surface area contributed by atoms with Gasteiger partial charge in [0.05, 0.1) is 24.1 Å². The van der Waals surface area contributed by atoms with Gasteiger partial charge in [-0.25, -0.2) is 0 Å². The van der Waals surface area contributed by atoms with Gasteiger partial charge in [-0.15, -0.1) is 0 Å². The van der Waals surface area contributed by atoms with E-state index in [9.17, 15) is 14.9 Å². The number of esters is 1. The summed E-state index contributed by atoms with van der Waals surface area (Å²) in [6.07, 6.45) is 1.79. The average molecular weight is 281 g/mol. The van der Waals surface area contributed by atoms with Gasteiger partial charge in [-0.1, -0.05) is 0 Å². The molecule has 110 valence electrons. The maximum absolute atomic E-state index is 11.1. The number of rotatable bonds is 6. The minimum Gasteiger partial charge on any atom is -0.469 e. The fourth-order valence-corrected chi connectivity index (χ4v) is 1.92. The van der Waals surface area contributed by atoms with E-state index >= 15 is 0 Å². The molecule has 0 saturated heterocycles. The molecule has 20 heavy (non-hydrogen) atoms. The molecule has 0 N–H and O–H groups in total. The van der Waals surface area contributed by atoms with Gasteiger partial charge >= 0.3 is 5.97 Å². The Kier molecular flexibility index (Phi) is 5.57. The predicted octanol–water partition coefficient (Wildman–Crippen LogP) is 1.60. The molecule has 7 nitrogen and oxygen atoms in total. The molecule has 1 rings (SSSR count). The number of hydrogen-bond donors (Lipinski definition) is 0. The highest BCUT2D eigenvalue weighted by molar-refractivity contribution is 5.69. The van der Waals surface area contributed by atoms with Crippen LogP contribution in [0.3, 0.4) is 0 Å². The molecule has 0 radical (unpaired) electrons. The smallest absolute Gasteiger partial charge is 0.306 e. The second kappa shape index (κ2) is 6.95. The molecular formula is C13H19N3O4. The number of hydrogen-bond acceptors (Lipinski definition) is 6. The van der Waals surface area contributed by atoms with Crippen molar-refractivity contribution >= 4 is 11.7 Å². The summed E-state index contributed by atoms with van der Waals surface area (Å²) in [7, 11) is 3.17. The van der Waals surface area contributed by atoms with Gasteiger partial charge in [0.2, 0.25) is 0 Å². The standard InChI is InChI=1S/C13H19N3O4/c1-9-7-14-11(10(2)13(9)16(18)19)8-15(3)6-5-12(17)20-4/h7H,5-6,8H2,1-4H3. The number of aryl methyl sites for hydroxylation is 1. The normalized spacial score (nSPS) is 10.7. The van der Waals surface area contributed by atoms with Gasteiger partial charge in [-0.2, -0.15) is 0 Å². The summed E-state index contributed by atoms with van der Waals surface area (Å²) in [6.45, 7) is 4.32. The van der Waals surface area contributed by atoms with E-state index in [0.29, 0.717) is 29.9 Å². The van der Waals surface area contributed by atoms with Crippen LogP contribution in [0.15, 0.2) is 6.20 Å². The second-order valence-electron chi connectivity index (χ2n) is 4.68. The van der Waals surface area contributed by atoms with Crippen molar-refractivity contribution in [3.8, 4) is 0 Å². The molecule has 0 unspecified atom stereocenters. The molecule has 0 spiro atoms. The van der Waals surface area contributed by atoms with Crippen LogP contribution in [0.1, 0.15) is 23.2 Å². The van der Waals surface area contributed by atoms with Crippen molar-refractivity contribution in [1.82, 2.24) is 9.88 Å². The van der Waals surface area contributed by atoms with Crippen molar-refractivity contribution in [1.29, 1.82) is 0 Å². The molecule has 0 aliphatic heterocycles. The zero-order valence-electron chi connectivity index (χ0n) is 12.2. The highest BCUT2D eigenvalue weighted by Crippen LogP contribution is 2.24. The Bertz CT molecular complexity index is 517. The fourth-order valence-electron chi connectivity index (χ4n) is 1.92. The third-order valence-corrected chi connectivity index (χ3v) is 3.10. The van der Waals surface area contributed by atoms with Gasteiger partial charge in [0, 0.05) is 30.4 Å². The summed E-state index contributed by atoms with van der Waals surface area (Å²) in [5.74, 6) is -0.281. The number of pyridine rings is 1. The zero-order valence-corrected chi connectivity index (χ0v) is 12.2. The molecule has 0 bridgehead atoms. The summed E-state index contributed by atoms with van der Waals surface area (Å²) >= 11 is 0. The number of nitrogens with zero attached hydrogens (tertiary/aromatic N) is 3. The SMILES string of the molecule is COC(=O)CCN(C)Cc1ncc(C)c([N+](=O)[O-])c1C. The molecular weight excluding hydrogens is 262 g/mol. The first-order valence-corrected chi connectivity index (χ1v) is 6.21. The van der Waals surface area contributed by atoms with Gasteiger partial charge in [0.15, 0.2) is 0 Å². The Balaban J connectivity index is 2.80. The summed E-state index contributed by atoms with van der Waals surface area (Å²) in [5, 5.41) is 11.0. The van der Waals surface area contributed by atoms with E-state index in [1.165, 1.54) is 13.3 Å². The Morgan fingerprint density at radius 1 is 1.50 bits per heavy atom. The number of carbonyl (C=O) groups excluding carboxylic acids is 1. The average Bonchev–Trinajstić information content (AvgIpc) is 2.39. The molecule has 7 heteroatoms. The topological polar surface area (TPSA) is 85.6 Å². The third kappa shape index (κ3) is 3.99. The number of nitro groups is 1. The second-order valence-corrected chi connectivity index (χ2v) is 4.68. The van der Waals surface area contributed by atoms with E-state index in [0.717, 1.165) is 0 Å². The Hall–Kier alpha value is -2.02. The molecule has 0 fully saturated rings. The van der Waals surface area contributed by atoms with Gasteiger partial charge in [-0.05, 0) is 20.9 Å². The van der Waals surface area contributed by atoms with E-state index in [1.54, 1.807) is 13.8 Å². The van der Waals surface area contributed by atoms with Crippen molar-refractivity contribution in [3.63, 3.8) is 0 Å². The van der Waals surface area contributed by atoms with E-state index < -0.39 is 0 Å². The van der Waals surface area contributed by atoms with Crippen LogP contribution < -0.4 is 0 Å². The number of methoxy groups -OCH3 is 1. The van der Waals surface area contributed by atoms with Gasteiger partial charge in [0.1, 0.15) is 0 Å². The molecule has 0 atom stereocenters. The Labute approximate surface area is 117 Å². The Morgan fingerprint density at radius 3 is 2.70 bits per heavy atom. The number of carbonyl (C=O) groups is 1. The van der Waals surface area contributed by atoms with Crippen molar-refractivity contribution in [2.24, 2.45) is 0 Å².